The van der Waals surface area contributed by atoms with E-state index in [1.54, 1.807) is 0 Å². The van der Waals surface area contributed by atoms with Gasteiger partial charge in [-0.2, -0.15) is 0 Å². The molecule has 0 spiro atoms. The highest BCUT2D eigenvalue weighted by Crippen LogP contribution is 2.19. The van der Waals surface area contributed by atoms with Gasteiger partial charge in [-0.1, -0.05) is 45.2 Å². The van der Waals surface area contributed by atoms with Crippen LogP contribution in [-0.4, -0.2) is 26.5 Å². The highest BCUT2D eigenvalue weighted by Gasteiger charge is 2.35. The molecule has 0 heterocycles. The van der Waals surface area contributed by atoms with E-state index in [1.165, 1.54) is 0 Å². The lowest BCUT2D eigenvalue weighted by Gasteiger charge is -2.30. The third-order valence-corrected chi connectivity index (χ3v) is 6.06. The summed E-state index contributed by atoms with van der Waals surface area (Å²) in [6.07, 6.45) is 0. The molecule has 0 radical (unpaired) electrons. The van der Waals surface area contributed by atoms with E-state index in [9.17, 15) is 5.11 Å². The van der Waals surface area contributed by atoms with Crippen molar-refractivity contribution in [1.29, 1.82) is 0 Å². The Morgan fingerprint density at radius 1 is 1.00 bits per heavy atom. The SMILES string of the molecule is CC(O)(C#C[Si](C)(C)C)[Si](C)(C)C. The van der Waals surface area contributed by atoms with E-state index >= 15 is 0 Å². The highest BCUT2D eigenvalue weighted by molar-refractivity contribution is 6.84. The molecule has 1 nitrogen and oxygen atoms in total. The Morgan fingerprint density at radius 2 is 1.38 bits per heavy atom. The fourth-order valence-electron chi connectivity index (χ4n) is 0.497. The average molecular weight is 214 g/mol. The van der Waals surface area contributed by atoms with Crippen LogP contribution >= 0.6 is 0 Å². The Labute approximate surface area is 84.6 Å². The van der Waals surface area contributed by atoms with Crippen LogP contribution in [0, 0.1) is 11.5 Å². The fraction of sp³-hybridized carbons (Fsp3) is 0.800. The van der Waals surface area contributed by atoms with E-state index in [4.69, 9.17) is 0 Å². The second-order valence-electron chi connectivity index (χ2n) is 5.82. The van der Waals surface area contributed by atoms with Gasteiger partial charge in [-0.25, -0.2) is 0 Å². The van der Waals surface area contributed by atoms with E-state index in [-0.39, 0.29) is 0 Å². The van der Waals surface area contributed by atoms with Crippen LogP contribution in [-0.2, 0) is 0 Å². The van der Waals surface area contributed by atoms with Crippen LogP contribution < -0.4 is 0 Å². The van der Waals surface area contributed by atoms with Crippen molar-refractivity contribution in [2.75, 3.05) is 0 Å². The van der Waals surface area contributed by atoms with Gasteiger partial charge >= 0.3 is 0 Å². The summed E-state index contributed by atoms with van der Waals surface area (Å²) < 4.78 is 0. The Balaban J connectivity index is 4.77. The van der Waals surface area contributed by atoms with Gasteiger partial charge < -0.3 is 5.11 Å². The summed E-state index contributed by atoms with van der Waals surface area (Å²) in [5.41, 5.74) is 3.24. The van der Waals surface area contributed by atoms with Crippen molar-refractivity contribution in [2.24, 2.45) is 0 Å². The number of hydrogen-bond donors (Lipinski definition) is 1. The number of hydrogen-bond acceptors (Lipinski definition) is 1. The van der Waals surface area contributed by atoms with Gasteiger partial charge in [0.15, 0.2) is 0 Å². The summed E-state index contributed by atoms with van der Waals surface area (Å²) in [6.45, 7) is 14.9. The second-order valence-corrected chi connectivity index (χ2v) is 16.0. The molecule has 76 valence electrons. The van der Waals surface area contributed by atoms with Gasteiger partial charge in [0, 0.05) is 0 Å². The van der Waals surface area contributed by atoms with Crippen LogP contribution in [0.4, 0.5) is 0 Å². The van der Waals surface area contributed by atoms with E-state index in [0.29, 0.717) is 0 Å². The molecular weight excluding hydrogens is 192 g/mol. The third-order valence-electron chi connectivity index (χ3n) is 2.14. The molecule has 0 bridgehead atoms. The molecule has 0 fully saturated rings. The second kappa shape index (κ2) is 3.60. The van der Waals surface area contributed by atoms with Gasteiger partial charge in [0.1, 0.15) is 13.3 Å². The predicted molar refractivity (Wildman–Crippen MR) is 65.1 cm³/mol. The molecule has 0 aromatic heterocycles. The van der Waals surface area contributed by atoms with Gasteiger partial charge in [-0.15, -0.1) is 5.54 Å². The Morgan fingerprint density at radius 3 is 1.62 bits per heavy atom. The average Bonchev–Trinajstić information content (AvgIpc) is 1.79. The van der Waals surface area contributed by atoms with Crippen molar-refractivity contribution in [3.8, 4) is 11.5 Å². The Bertz CT molecular complexity index is 232. The predicted octanol–water partition coefficient (Wildman–Crippen LogP) is 2.50. The summed E-state index contributed by atoms with van der Waals surface area (Å²) in [7, 11) is -2.93. The van der Waals surface area contributed by atoms with Crippen molar-refractivity contribution >= 4 is 16.1 Å². The van der Waals surface area contributed by atoms with E-state index < -0.39 is 21.4 Å². The quantitative estimate of drug-likeness (QED) is 0.525. The normalized spacial score (nSPS) is 17.2. The van der Waals surface area contributed by atoms with Crippen LogP contribution in [0.1, 0.15) is 6.92 Å². The van der Waals surface area contributed by atoms with E-state index in [0.717, 1.165) is 0 Å². The smallest absolute Gasteiger partial charge is 0.129 e. The molecule has 0 aliphatic heterocycles. The summed E-state index contributed by atoms with van der Waals surface area (Å²) in [6, 6.07) is 0. The van der Waals surface area contributed by atoms with Gasteiger partial charge in [0.05, 0.1) is 8.07 Å². The van der Waals surface area contributed by atoms with Crippen LogP contribution in [0.25, 0.3) is 0 Å². The van der Waals surface area contributed by atoms with E-state index in [1.807, 2.05) is 6.92 Å². The minimum Gasteiger partial charge on any atom is -0.381 e. The zero-order valence-electron chi connectivity index (χ0n) is 9.95. The molecule has 0 aliphatic rings. The molecule has 0 saturated carbocycles. The van der Waals surface area contributed by atoms with Gasteiger partial charge in [-0.3, -0.25) is 0 Å². The van der Waals surface area contributed by atoms with Crippen molar-refractivity contribution in [2.45, 2.75) is 51.4 Å². The summed E-state index contributed by atoms with van der Waals surface area (Å²) >= 11 is 0. The first-order chi connectivity index (χ1) is 5.46. The lowest BCUT2D eigenvalue weighted by molar-refractivity contribution is 0.197. The maximum atomic E-state index is 10.1. The molecular formula is C10H22OSi2. The number of aliphatic hydroxyl groups is 1. The molecule has 0 aliphatic carbocycles. The maximum Gasteiger partial charge on any atom is 0.129 e. The first-order valence-electron chi connectivity index (χ1n) is 4.72. The van der Waals surface area contributed by atoms with Crippen LogP contribution in [0.15, 0.2) is 0 Å². The lowest BCUT2D eigenvalue weighted by Crippen LogP contribution is -2.49. The summed E-state index contributed by atoms with van der Waals surface area (Å²) in [5, 5.41) is 9.38. The van der Waals surface area contributed by atoms with Crippen LogP contribution in [0.5, 0.6) is 0 Å². The molecule has 3 heteroatoms. The largest absolute Gasteiger partial charge is 0.381 e. The molecule has 0 saturated heterocycles. The standard InChI is InChI=1S/C10H22OSi2/c1-10(11,13(5,6)7)8-9-12(2,3)4/h11H,1-7H3. The van der Waals surface area contributed by atoms with Crippen molar-refractivity contribution in [3.05, 3.63) is 0 Å². The van der Waals surface area contributed by atoms with Gasteiger partial charge in [-0.05, 0) is 6.92 Å². The molecule has 0 amide bonds. The monoisotopic (exact) mass is 214 g/mol. The third kappa shape index (κ3) is 4.65. The van der Waals surface area contributed by atoms with Crippen molar-refractivity contribution in [3.63, 3.8) is 0 Å². The molecule has 1 atom stereocenters. The summed E-state index contributed by atoms with van der Waals surface area (Å²) in [4.78, 5) is 0. The molecule has 0 rings (SSSR count). The van der Waals surface area contributed by atoms with Crippen molar-refractivity contribution in [1.82, 2.24) is 0 Å². The highest BCUT2D eigenvalue weighted by atomic mass is 28.3. The topological polar surface area (TPSA) is 20.2 Å². The maximum absolute atomic E-state index is 10.1. The van der Waals surface area contributed by atoms with E-state index in [2.05, 4.69) is 50.7 Å². The van der Waals surface area contributed by atoms with Gasteiger partial charge in [0.2, 0.25) is 0 Å². The first-order valence-corrected chi connectivity index (χ1v) is 11.7. The Hall–Kier alpha value is -0.0462. The summed E-state index contributed by atoms with van der Waals surface area (Å²) in [5.74, 6) is 3.07. The minimum absolute atomic E-state index is 0.743. The molecule has 13 heavy (non-hydrogen) atoms. The molecule has 0 aromatic carbocycles. The molecule has 1 N–H and O–H groups in total. The zero-order chi connectivity index (χ0) is 10.9. The first kappa shape index (κ1) is 13.0. The van der Waals surface area contributed by atoms with Gasteiger partial charge in [0.25, 0.3) is 0 Å². The molecule has 0 aromatic rings. The van der Waals surface area contributed by atoms with Crippen LogP contribution in [0.3, 0.4) is 0 Å². The molecule has 1 unspecified atom stereocenters. The van der Waals surface area contributed by atoms with Crippen LogP contribution in [0.2, 0.25) is 39.3 Å². The number of rotatable bonds is 1. The van der Waals surface area contributed by atoms with Crippen molar-refractivity contribution < 1.29 is 5.11 Å². The lowest BCUT2D eigenvalue weighted by atomic mass is 10.4. The Kier molecular flexibility index (Phi) is 3.59. The minimum atomic E-state index is -1.58. The zero-order valence-corrected chi connectivity index (χ0v) is 11.9. The fourth-order valence-corrected chi connectivity index (χ4v) is 1.68.